The van der Waals surface area contributed by atoms with Crippen LogP contribution in [0.15, 0.2) is 0 Å². The molecule has 1 N–H and O–H groups in total. The van der Waals surface area contributed by atoms with Crippen molar-refractivity contribution in [2.75, 3.05) is 39.4 Å². The summed E-state index contributed by atoms with van der Waals surface area (Å²) in [6.45, 7) is 11.6. The zero-order valence-electron chi connectivity index (χ0n) is 13.1. The van der Waals surface area contributed by atoms with Gasteiger partial charge in [-0.25, -0.2) is 0 Å². The van der Waals surface area contributed by atoms with E-state index in [1.165, 1.54) is 0 Å². The molecule has 5 heteroatoms. The number of likely N-dealkylation sites (tertiary alicyclic amines) is 1. The Balaban J connectivity index is 1.74. The molecule has 2 aliphatic heterocycles. The molecule has 2 heterocycles. The number of ether oxygens (including phenoxy) is 1. The standard InChI is InChI=1S/C15H29N3O2/c1-12(2)17-6-4-14(5-7-17)16-13(3)15(19)18-8-10-20-11-9-18/h12-14,16H,4-11H2,1-3H3. The molecule has 0 aromatic rings. The minimum absolute atomic E-state index is 0.0799. The maximum Gasteiger partial charge on any atom is 0.239 e. The maximum atomic E-state index is 12.3. The van der Waals surface area contributed by atoms with Crippen LogP contribution in [0.25, 0.3) is 0 Å². The molecule has 0 bridgehead atoms. The average Bonchev–Trinajstić information content (AvgIpc) is 2.48. The molecule has 2 fully saturated rings. The molecule has 1 unspecified atom stereocenters. The van der Waals surface area contributed by atoms with Crippen molar-refractivity contribution < 1.29 is 9.53 Å². The Bertz CT molecular complexity index is 308. The number of nitrogens with zero attached hydrogens (tertiary/aromatic N) is 2. The van der Waals surface area contributed by atoms with E-state index in [9.17, 15) is 4.79 Å². The van der Waals surface area contributed by atoms with E-state index in [1.807, 2.05) is 11.8 Å². The second-order valence-corrected chi connectivity index (χ2v) is 6.23. The minimum Gasteiger partial charge on any atom is -0.378 e. The van der Waals surface area contributed by atoms with Crippen LogP contribution in [0.5, 0.6) is 0 Å². The SMILES string of the molecule is CC(NC1CCN(C(C)C)CC1)C(=O)N1CCOCC1. The highest BCUT2D eigenvalue weighted by Crippen LogP contribution is 2.14. The lowest BCUT2D eigenvalue weighted by Crippen LogP contribution is -2.53. The molecule has 0 spiro atoms. The molecule has 116 valence electrons. The Morgan fingerprint density at radius 1 is 1.10 bits per heavy atom. The first-order valence-electron chi connectivity index (χ1n) is 7.94. The second-order valence-electron chi connectivity index (χ2n) is 6.23. The van der Waals surface area contributed by atoms with Crippen LogP contribution in [-0.2, 0) is 9.53 Å². The second kappa shape index (κ2) is 7.38. The Morgan fingerprint density at radius 2 is 1.70 bits per heavy atom. The molecule has 0 aromatic carbocycles. The molecular weight excluding hydrogens is 254 g/mol. The van der Waals surface area contributed by atoms with Crippen LogP contribution in [0.3, 0.4) is 0 Å². The van der Waals surface area contributed by atoms with E-state index in [1.54, 1.807) is 0 Å². The average molecular weight is 283 g/mol. The number of rotatable bonds is 4. The van der Waals surface area contributed by atoms with Gasteiger partial charge < -0.3 is 19.9 Å². The fourth-order valence-electron chi connectivity index (χ4n) is 3.06. The smallest absolute Gasteiger partial charge is 0.239 e. The Labute approximate surface area is 122 Å². The zero-order chi connectivity index (χ0) is 14.5. The third kappa shape index (κ3) is 4.17. The molecular formula is C15H29N3O2. The fraction of sp³-hybridized carbons (Fsp3) is 0.933. The van der Waals surface area contributed by atoms with Gasteiger partial charge in [0, 0.05) is 25.2 Å². The van der Waals surface area contributed by atoms with Crippen molar-refractivity contribution in [3.8, 4) is 0 Å². The van der Waals surface area contributed by atoms with E-state index >= 15 is 0 Å². The molecule has 0 aromatic heterocycles. The molecule has 1 amide bonds. The van der Waals surface area contributed by atoms with Crippen LogP contribution in [0.4, 0.5) is 0 Å². The van der Waals surface area contributed by atoms with E-state index in [-0.39, 0.29) is 11.9 Å². The van der Waals surface area contributed by atoms with Crippen molar-refractivity contribution in [1.82, 2.24) is 15.1 Å². The highest BCUT2D eigenvalue weighted by atomic mass is 16.5. The van der Waals surface area contributed by atoms with Gasteiger partial charge in [-0.15, -0.1) is 0 Å². The van der Waals surface area contributed by atoms with Gasteiger partial charge in [-0.3, -0.25) is 4.79 Å². The van der Waals surface area contributed by atoms with Gasteiger partial charge in [-0.2, -0.15) is 0 Å². The predicted octanol–water partition coefficient (Wildman–Crippen LogP) is 0.696. The summed E-state index contributed by atoms with van der Waals surface area (Å²) in [5, 5.41) is 3.52. The van der Waals surface area contributed by atoms with Crippen LogP contribution < -0.4 is 5.32 Å². The third-order valence-electron chi connectivity index (χ3n) is 4.44. The van der Waals surface area contributed by atoms with E-state index in [0.29, 0.717) is 25.3 Å². The van der Waals surface area contributed by atoms with Crippen LogP contribution in [0, 0.1) is 0 Å². The van der Waals surface area contributed by atoms with Crippen molar-refractivity contribution in [3.63, 3.8) is 0 Å². The molecule has 2 aliphatic rings. The van der Waals surface area contributed by atoms with Gasteiger partial charge in [0.2, 0.25) is 5.91 Å². The molecule has 0 aliphatic carbocycles. The lowest BCUT2D eigenvalue weighted by molar-refractivity contribution is -0.137. The molecule has 2 saturated heterocycles. The van der Waals surface area contributed by atoms with Gasteiger partial charge in [-0.05, 0) is 46.7 Å². The number of hydrogen-bond donors (Lipinski definition) is 1. The summed E-state index contributed by atoms with van der Waals surface area (Å²) in [6.07, 6.45) is 2.28. The minimum atomic E-state index is -0.0799. The largest absolute Gasteiger partial charge is 0.378 e. The first-order chi connectivity index (χ1) is 9.58. The number of nitrogens with one attached hydrogen (secondary N) is 1. The number of piperidine rings is 1. The number of morpholine rings is 1. The first kappa shape index (κ1) is 15.7. The van der Waals surface area contributed by atoms with Crippen LogP contribution in [-0.4, -0.2) is 73.2 Å². The molecule has 0 saturated carbocycles. The first-order valence-corrected chi connectivity index (χ1v) is 7.94. The quantitative estimate of drug-likeness (QED) is 0.825. The highest BCUT2D eigenvalue weighted by molar-refractivity contribution is 5.81. The van der Waals surface area contributed by atoms with E-state index in [0.717, 1.165) is 39.0 Å². The van der Waals surface area contributed by atoms with Gasteiger partial charge in [-0.1, -0.05) is 0 Å². The molecule has 0 radical (unpaired) electrons. The maximum absolute atomic E-state index is 12.3. The predicted molar refractivity (Wildman–Crippen MR) is 79.7 cm³/mol. The number of amides is 1. The summed E-state index contributed by atoms with van der Waals surface area (Å²) in [5.74, 6) is 0.222. The van der Waals surface area contributed by atoms with Crippen LogP contribution in [0.1, 0.15) is 33.6 Å². The van der Waals surface area contributed by atoms with Gasteiger partial charge in [0.05, 0.1) is 19.3 Å². The van der Waals surface area contributed by atoms with Crippen LogP contribution >= 0.6 is 0 Å². The van der Waals surface area contributed by atoms with Crippen molar-refractivity contribution in [2.45, 2.75) is 51.7 Å². The fourth-order valence-corrected chi connectivity index (χ4v) is 3.06. The Hall–Kier alpha value is -0.650. The molecule has 5 nitrogen and oxygen atoms in total. The van der Waals surface area contributed by atoms with Gasteiger partial charge in [0.25, 0.3) is 0 Å². The lowest BCUT2D eigenvalue weighted by atomic mass is 10.0. The van der Waals surface area contributed by atoms with Gasteiger partial charge in [0.1, 0.15) is 0 Å². The van der Waals surface area contributed by atoms with Crippen molar-refractivity contribution in [2.24, 2.45) is 0 Å². The van der Waals surface area contributed by atoms with E-state index < -0.39 is 0 Å². The van der Waals surface area contributed by atoms with Gasteiger partial charge >= 0.3 is 0 Å². The molecule has 20 heavy (non-hydrogen) atoms. The number of carbonyl (C=O) groups excluding carboxylic acids is 1. The highest BCUT2D eigenvalue weighted by Gasteiger charge is 2.26. The van der Waals surface area contributed by atoms with Crippen molar-refractivity contribution in [3.05, 3.63) is 0 Å². The summed E-state index contributed by atoms with van der Waals surface area (Å²) < 4.78 is 5.29. The van der Waals surface area contributed by atoms with Crippen molar-refractivity contribution >= 4 is 5.91 Å². The van der Waals surface area contributed by atoms with Gasteiger partial charge in [0.15, 0.2) is 0 Å². The lowest BCUT2D eigenvalue weighted by Gasteiger charge is -2.37. The monoisotopic (exact) mass is 283 g/mol. The normalized spacial score (nSPS) is 24.1. The summed E-state index contributed by atoms with van der Waals surface area (Å²) in [7, 11) is 0. The summed E-state index contributed by atoms with van der Waals surface area (Å²) in [6, 6.07) is 1.03. The van der Waals surface area contributed by atoms with Crippen molar-refractivity contribution in [1.29, 1.82) is 0 Å². The Kier molecular flexibility index (Phi) is 5.81. The van der Waals surface area contributed by atoms with Crippen LogP contribution in [0.2, 0.25) is 0 Å². The summed E-state index contributed by atoms with van der Waals surface area (Å²) in [5.41, 5.74) is 0. The molecule has 1 atom stereocenters. The zero-order valence-corrected chi connectivity index (χ0v) is 13.1. The topological polar surface area (TPSA) is 44.8 Å². The Morgan fingerprint density at radius 3 is 2.25 bits per heavy atom. The number of hydrogen-bond acceptors (Lipinski definition) is 4. The summed E-state index contributed by atoms with van der Waals surface area (Å²) >= 11 is 0. The number of carbonyl (C=O) groups is 1. The van der Waals surface area contributed by atoms with E-state index in [4.69, 9.17) is 4.74 Å². The van der Waals surface area contributed by atoms with E-state index in [2.05, 4.69) is 24.1 Å². The molecule has 2 rings (SSSR count). The summed E-state index contributed by atoms with van der Waals surface area (Å²) in [4.78, 5) is 16.8. The third-order valence-corrected chi connectivity index (χ3v) is 4.44.